The van der Waals surface area contributed by atoms with Crippen LogP contribution in [0, 0.1) is 11.8 Å². The van der Waals surface area contributed by atoms with Crippen molar-refractivity contribution in [2.45, 2.75) is 57.4 Å². The highest BCUT2D eigenvalue weighted by atomic mass is 16.5. The van der Waals surface area contributed by atoms with Gasteiger partial charge < -0.3 is 9.64 Å². The van der Waals surface area contributed by atoms with E-state index in [-0.39, 0.29) is 11.5 Å². The molecule has 0 bridgehead atoms. The molecule has 4 nitrogen and oxygen atoms in total. The average molecular weight is 385 g/mol. The summed E-state index contributed by atoms with van der Waals surface area (Å²) in [6.07, 6.45) is 6.02. The van der Waals surface area contributed by atoms with Crippen LogP contribution in [-0.2, 0) is 14.9 Å². The van der Waals surface area contributed by atoms with Crippen molar-refractivity contribution in [3.63, 3.8) is 0 Å². The Morgan fingerprint density at radius 2 is 1.79 bits per heavy atom. The fourth-order valence-electron chi connectivity index (χ4n) is 6.00. The van der Waals surface area contributed by atoms with Crippen molar-refractivity contribution < 1.29 is 9.53 Å². The standard InChI is InChI=1S/C24H36N2O2/c1-19(2)26-18-22(12-13-25-14-16-28-17-15-25)24(23(26)27,21-10-6-7-11-21)20-8-4-3-5-9-20/h3-5,8-9,19,21-22H,6-7,10-18H2,1-2H3/t22-,24-/m0/s1. The van der Waals surface area contributed by atoms with Crippen LogP contribution in [0.15, 0.2) is 30.3 Å². The zero-order valence-corrected chi connectivity index (χ0v) is 17.6. The molecule has 4 heteroatoms. The van der Waals surface area contributed by atoms with Crippen molar-refractivity contribution in [2.24, 2.45) is 11.8 Å². The first-order chi connectivity index (χ1) is 13.6. The normalized spacial score (nSPS) is 29.9. The minimum absolute atomic E-state index is 0.269. The third-order valence-corrected chi connectivity index (χ3v) is 7.45. The summed E-state index contributed by atoms with van der Waals surface area (Å²) in [5, 5.41) is 0. The molecule has 1 aromatic carbocycles. The van der Waals surface area contributed by atoms with Gasteiger partial charge in [-0.2, -0.15) is 0 Å². The Hall–Kier alpha value is -1.39. The van der Waals surface area contributed by atoms with E-state index in [9.17, 15) is 4.79 Å². The highest BCUT2D eigenvalue weighted by Gasteiger charge is 2.59. The smallest absolute Gasteiger partial charge is 0.234 e. The van der Waals surface area contributed by atoms with Gasteiger partial charge >= 0.3 is 0 Å². The van der Waals surface area contributed by atoms with Gasteiger partial charge in [-0.1, -0.05) is 43.2 Å². The first kappa shape index (κ1) is 19.9. The van der Waals surface area contributed by atoms with Crippen molar-refractivity contribution in [2.75, 3.05) is 39.4 Å². The lowest BCUT2D eigenvalue weighted by Gasteiger charge is -2.40. The molecule has 2 atom stereocenters. The third kappa shape index (κ3) is 3.50. The summed E-state index contributed by atoms with van der Waals surface area (Å²) in [6, 6.07) is 11.0. The zero-order valence-electron chi connectivity index (χ0n) is 17.6. The van der Waals surface area contributed by atoms with Crippen LogP contribution in [0.2, 0.25) is 0 Å². The maximum atomic E-state index is 14.0. The van der Waals surface area contributed by atoms with Gasteiger partial charge in [0.25, 0.3) is 0 Å². The van der Waals surface area contributed by atoms with Crippen molar-refractivity contribution >= 4 is 5.91 Å². The SMILES string of the molecule is CC(C)N1C[C@H](CCN2CCOCC2)[C@](c2ccccc2)(C2CCCC2)C1=O. The molecule has 4 rings (SSSR count). The molecule has 28 heavy (non-hydrogen) atoms. The lowest BCUT2D eigenvalue weighted by atomic mass is 9.62. The van der Waals surface area contributed by atoms with E-state index in [4.69, 9.17) is 4.74 Å². The first-order valence-corrected chi connectivity index (χ1v) is 11.3. The number of amides is 1. The van der Waals surface area contributed by atoms with Gasteiger partial charge in [0.1, 0.15) is 0 Å². The van der Waals surface area contributed by atoms with Gasteiger partial charge in [0, 0.05) is 25.7 Å². The second kappa shape index (κ2) is 8.54. The summed E-state index contributed by atoms with van der Waals surface area (Å²) in [5.74, 6) is 1.28. The molecule has 1 aromatic rings. The number of carbonyl (C=O) groups excluding carboxylic acids is 1. The van der Waals surface area contributed by atoms with Gasteiger partial charge in [-0.15, -0.1) is 0 Å². The highest BCUT2D eigenvalue weighted by molar-refractivity contribution is 5.91. The summed E-state index contributed by atoms with van der Waals surface area (Å²) in [7, 11) is 0. The van der Waals surface area contributed by atoms with Crippen LogP contribution in [0.4, 0.5) is 0 Å². The van der Waals surface area contributed by atoms with Crippen LogP contribution in [0.3, 0.4) is 0 Å². The average Bonchev–Trinajstić information content (AvgIpc) is 3.35. The van der Waals surface area contributed by atoms with Crippen molar-refractivity contribution in [1.29, 1.82) is 0 Å². The number of benzene rings is 1. The molecule has 154 valence electrons. The van der Waals surface area contributed by atoms with E-state index >= 15 is 0 Å². The van der Waals surface area contributed by atoms with Crippen LogP contribution in [-0.4, -0.2) is 61.1 Å². The fraction of sp³-hybridized carbons (Fsp3) is 0.708. The molecule has 0 unspecified atom stereocenters. The lowest BCUT2D eigenvalue weighted by Crippen LogP contribution is -2.48. The number of hydrogen-bond donors (Lipinski definition) is 0. The Kier molecular flexibility index (Phi) is 6.07. The number of rotatable bonds is 6. The minimum Gasteiger partial charge on any atom is -0.379 e. The van der Waals surface area contributed by atoms with E-state index < -0.39 is 0 Å². The van der Waals surface area contributed by atoms with Crippen molar-refractivity contribution in [1.82, 2.24) is 9.80 Å². The lowest BCUT2D eigenvalue weighted by molar-refractivity contribution is -0.136. The number of ether oxygens (including phenoxy) is 1. The largest absolute Gasteiger partial charge is 0.379 e. The molecule has 1 amide bonds. The number of hydrogen-bond acceptors (Lipinski definition) is 3. The fourth-order valence-corrected chi connectivity index (χ4v) is 6.00. The predicted octanol–water partition coefficient (Wildman–Crippen LogP) is 3.70. The van der Waals surface area contributed by atoms with Crippen LogP contribution in [0.5, 0.6) is 0 Å². The van der Waals surface area contributed by atoms with E-state index in [2.05, 4.69) is 54.0 Å². The number of likely N-dealkylation sites (tertiary alicyclic amines) is 1. The monoisotopic (exact) mass is 384 g/mol. The number of morpholine rings is 1. The van der Waals surface area contributed by atoms with Crippen molar-refractivity contribution in [3.05, 3.63) is 35.9 Å². The predicted molar refractivity (Wildman–Crippen MR) is 112 cm³/mol. The van der Waals surface area contributed by atoms with Gasteiger partial charge in [0.15, 0.2) is 0 Å². The molecule has 2 heterocycles. The Labute approximate surface area is 170 Å². The molecule has 0 N–H and O–H groups in total. The quantitative estimate of drug-likeness (QED) is 0.750. The number of nitrogens with zero attached hydrogens (tertiary/aromatic N) is 2. The maximum Gasteiger partial charge on any atom is 0.234 e. The molecular formula is C24H36N2O2. The molecule has 0 spiro atoms. The van der Waals surface area contributed by atoms with Gasteiger partial charge in [0.2, 0.25) is 5.91 Å². The Balaban J connectivity index is 1.68. The van der Waals surface area contributed by atoms with Gasteiger partial charge in [0.05, 0.1) is 18.6 Å². The molecule has 2 saturated heterocycles. The van der Waals surface area contributed by atoms with E-state index in [1.807, 2.05) is 0 Å². The molecule has 1 aliphatic carbocycles. The maximum absolute atomic E-state index is 14.0. The second-order valence-electron chi connectivity index (χ2n) is 9.21. The number of carbonyl (C=O) groups is 1. The van der Waals surface area contributed by atoms with Gasteiger partial charge in [-0.25, -0.2) is 0 Å². The van der Waals surface area contributed by atoms with Crippen molar-refractivity contribution in [3.8, 4) is 0 Å². The Morgan fingerprint density at radius 3 is 2.43 bits per heavy atom. The summed E-state index contributed by atoms with van der Waals surface area (Å²) in [6.45, 7) is 10.1. The van der Waals surface area contributed by atoms with E-state index in [0.717, 1.165) is 45.8 Å². The molecular weight excluding hydrogens is 348 g/mol. The summed E-state index contributed by atoms with van der Waals surface area (Å²) >= 11 is 0. The minimum atomic E-state index is -0.325. The van der Waals surface area contributed by atoms with Gasteiger partial charge in [-0.05, 0) is 57.1 Å². The molecule has 3 aliphatic rings. The molecule has 0 radical (unpaired) electrons. The van der Waals surface area contributed by atoms with E-state index in [1.165, 1.54) is 31.2 Å². The summed E-state index contributed by atoms with van der Waals surface area (Å²) < 4.78 is 5.52. The Bertz CT molecular complexity index is 650. The first-order valence-electron chi connectivity index (χ1n) is 11.3. The van der Waals surface area contributed by atoms with Crippen LogP contribution in [0.1, 0.15) is 51.5 Å². The summed E-state index contributed by atoms with van der Waals surface area (Å²) in [5.41, 5.74) is 0.941. The highest BCUT2D eigenvalue weighted by Crippen LogP contribution is 2.53. The van der Waals surface area contributed by atoms with Crippen LogP contribution in [0.25, 0.3) is 0 Å². The zero-order chi connectivity index (χ0) is 19.6. The van der Waals surface area contributed by atoms with E-state index in [1.54, 1.807) is 0 Å². The van der Waals surface area contributed by atoms with Gasteiger partial charge in [-0.3, -0.25) is 9.69 Å². The topological polar surface area (TPSA) is 32.8 Å². The third-order valence-electron chi connectivity index (χ3n) is 7.45. The molecule has 2 aliphatic heterocycles. The van der Waals surface area contributed by atoms with Crippen LogP contribution >= 0.6 is 0 Å². The van der Waals surface area contributed by atoms with Crippen LogP contribution < -0.4 is 0 Å². The molecule has 0 aromatic heterocycles. The summed E-state index contributed by atoms with van der Waals surface area (Å²) in [4.78, 5) is 18.7. The molecule has 1 saturated carbocycles. The Morgan fingerprint density at radius 1 is 1.11 bits per heavy atom. The second-order valence-corrected chi connectivity index (χ2v) is 9.21. The van der Waals surface area contributed by atoms with E-state index in [0.29, 0.717) is 17.7 Å². The molecule has 3 fully saturated rings.